The number of rotatable bonds is 7. The van der Waals surface area contributed by atoms with E-state index >= 15 is 0 Å². The second-order valence-electron chi connectivity index (χ2n) is 5.15. The van der Waals surface area contributed by atoms with Crippen LogP contribution in [0.2, 0.25) is 18.6 Å². The molecular weight excluding hydrogens is 272 g/mol. The molecular formula is C12H25ClO2SSi. The monoisotopic (exact) mass is 296 g/mol. The molecule has 5 heteroatoms. The molecule has 0 aromatic rings. The zero-order valence-electron chi connectivity index (χ0n) is 11.6. The Labute approximate surface area is 112 Å². The summed E-state index contributed by atoms with van der Waals surface area (Å²) in [6.07, 6.45) is 1.90. The van der Waals surface area contributed by atoms with Crippen LogP contribution in [0, 0.1) is 0 Å². The first-order chi connectivity index (χ1) is 7.60. The van der Waals surface area contributed by atoms with Gasteiger partial charge in [-0.25, -0.2) is 8.42 Å². The molecule has 1 atom stereocenters. The third kappa shape index (κ3) is 6.63. The summed E-state index contributed by atoms with van der Waals surface area (Å²) in [5, 5.41) is 0. The molecule has 102 valence electrons. The Balaban J connectivity index is 4.82. The predicted octanol–water partition coefficient (Wildman–Crippen LogP) is 3.63. The largest absolute Gasteiger partial charge is 0.229 e. The van der Waals surface area contributed by atoms with Crippen LogP contribution in [0.25, 0.3) is 0 Å². The van der Waals surface area contributed by atoms with Gasteiger partial charge in [0.1, 0.15) is 0 Å². The Kier molecular flexibility index (Phi) is 6.46. The van der Waals surface area contributed by atoms with Gasteiger partial charge < -0.3 is 0 Å². The van der Waals surface area contributed by atoms with E-state index in [-0.39, 0.29) is 11.5 Å². The van der Waals surface area contributed by atoms with Gasteiger partial charge in [-0.05, 0) is 6.92 Å². The first-order valence-corrected chi connectivity index (χ1v) is 11.4. The number of alkyl halides is 1. The van der Waals surface area contributed by atoms with E-state index in [1.165, 1.54) is 0 Å². The van der Waals surface area contributed by atoms with Crippen molar-refractivity contribution in [3.8, 4) is 0 Å². The molecule has 0 spiro atoms. The maximum atomic E-state index is 11.6. The topological polar surface area (TPSA) is 34.1 Å². The van der Waals surface area contributed by atoms with Crippen molar-refractivity contribution in [1.82, 2.24) is 0 Å². The molecule has 0 aliphatic carbocycles. The van der Waals surface area contributed by atoms with Crippen molar-refractivity contribution in [2.24, 2.45) is 0 Å². The fourth-order valence-electron chi connectivity index (χ4n) is 1.44. The molecule has 0 amide bonds. The van der Waals surface area contributed by atoms with Gasteiger partial charge in [0.2, 0.25) is 0 Å². The Morgan fingerprint density at radius 2 is 1.71 bits per heavy atom. The van der Waals surface area contributed by atoms with Crippen LogP contribution in [0.1, 0.15) is 27.7 Å². The molecule has 0 aromatic heterocycles. The van der Waals surface area contributed by atoms with Crippen molar-refractivity contribution in [3.05, 3.63) is 11.8 Å². The van der Waals surface area contributed by atoms with Crippen LogP contribution < -0.4 is 0 Å². The van der Waals surface area contributed by atoms with E-state index in [4.69, 9.17) is 11.6 Å². The minimum absolute atomic E-state index is 0.0203. The van der Waals surface area contributed by atoms with Crippen LogP contribution in [-0.2, 0) is 9.84 Å². The molecule has 0 aliphatic heterocycles. The highest BCUT2D eigenvalue weighted by Gasteiger charge is 2.27. The maximum absolute atomic E-state index is 11.6. The molecule has 0 saturated carbocycles. The summed E-state index contributed by atoms with van der Waals surface area (Å²) in [7, 11) is -4.38. The van der Waals surface area contributed by atoms with Crippen LogP contribution in [-0.4, -0.2) is 32.9 Å². The number of sulfone groups is 1. The maximum Gasteiger partial charge on any atom is 0.152 e. The summed E-state index contributed by atoms with van der Waals surface area (Å²) < 4.78 is 23.1. The molecule has 0 aromatic carbocycles. The lowest BCUT2D eigenvalue weighted by Gasteiger charge is -2.23. The Bertz CT molecular complexity index is 357. The second-order valence-corrected chi connectivity index (χ2v) is 13.4. The van der Waals surface area contributed by atoms with Crippen molar-refractivity contribution in [2.75, 3.05) is 11.5 Å². The molecule has 0 heterocycles. The van der Waals surface area contributed by atoms with Gasteiger partial charge in [-0.1, -0.05) is 51.2 Å². The average Bonchev–Trinajstić information content (AvgIpc) is 2.25. The van der Waals surface area contributed by atoms with Gasteiger partial charge in [0.05, 0.1) is 18.7 Å². The normalized spacial score (nSPS) is 17.3. The number of hydrogen-bond donors (Lipinski definition) is 0. The quantitative estimate of drug-likeness (QED) is 0.531. The first kappa shape index (κ1) is 17.2. The molecule has 0 N–H and O–H groups in total. The van der Waals surface area contributed by atoms with Crippen LogP contribution in [0.3, 0.4) is 0 Å². The van der Waals surface area contributed by atoms with E-state index < -0.39 is 22.8 Å². The van der Waals surface area contributed by atoms with Crippen molar-refractivity contribution in [1.29, 1.82) is 0 Å². The average molecular weight is 297 g/mol. The summed E-state index contributed by atoms with van der Waals surface area (Å²) in [4.78, 5) is -0.770. The third-order valence-corrected chi connectivity index (χ3v) is 9.93. The third-order valence-electron chi connectivity index (χ3n) is 3.39. The summed E-state index contributed by atoms with van der Waals surface area (Å²) in [6.45, 7) is 10.1. The smallest absolute Gasteiger partial charge is 0.152 e. The number of halogens is 1. The standard InChI is InChI=1S/C12H25ClO2SSi/c1-6-16(14,15)11-12(4,13)9-10-17(5,7-2)8-3/h9-10H,6-8,11H2,1-5H3. The molecule has 0 radical (unpaired) electrons. The summed E-state index contributed by atoms with van der Waals surface area (Å²) >= 11 is 6.28. The van der Waals surface area contributed by atoms with Gasteiger partial charge in [0.15, 0.2) is 9.84 Å². The molecule has 0 fully saturated rings. The zero-order valence-corrected chi connectivity index (χ0v) is 14.2. The SMILES string of the molecule is CC[Si](C)(C=CC(C)(Cl)CS(=O)(=O)CC)CC. The van der Waals surface area contributed by atoms with Crippen LogP contribution in [0.4, 0.5) is 0 Å². The van der Waals surface area contributed by atoms with Crippen molar-refractivity contribution in [2.45, 2.75) is 51.2 Å². The minimum Gasteiger partial charge on any atom is -0.229 e. The highest BCUT2D eigenvalue weighted by molar-refractivity contribution is 7.91. The molecule has 2 nitrogen and oxygen atoms in total. The van der Waals surface area contributed by atoms with Gasteiger partial charge >= 0.3 is 0 Å². The lowest BCUT2D eigenvalue weighted by Crippen LogP contribution is -2.30. The Morgan fingerprint density at radius 1 is 1.24 bits per heavy atom. The number of allylic oxidation sites excluding steroid dienone is 1. The summed E-state index contributed by atoms with van der Waals surface area (Å²) in [5.74, 6) is 0.172. The van der Waals surface area contributed by atoms with Crippen molar-refractivity contribution in [3.63, 3.8) is 0 Å². The fraction of sp³-hybridized carbons (Fsp3) is 0.833. The van der Waals surface area contributed by atoms with E-state index in [1.54, 1.807) is 13.8 Å². The fourth-order valence-corrected chi connectivity index (χ4v) is 5.01. The summed E-state index contributed by atoms with van der Waals surface area (Å²) in [5.41, 5.74) is 2.20. The van der Waals surface area contributed by atoms with Crippen molar-refractivity contribution < 1.29 is 8.42 Å². The molecule has 0 aliphatic rings. The molecule has 0 bridgehead atoms. The Morgan fingerprint density at radius 3 is 2.06 bits per heavy atom. The van der Waals surface area contributed by atoms with E-state index in [0.717, 1.165) is 12.1 Å². The molecule has 0 saturated heterocycles. The Hall–Kier alpha value is 0.197. The van der Waals surface area contributed by atoms with Crippen LogP contribution >= 0.6 is 11.6 Å². The molecule has 17 heavy (non-hydrogen) atoms. The van der Waals surface area contributed by atoms with Gasteiger partial charge in [-0.2, -0.15) is 0 Å². The minimum atomic E-state index is -3.03. The second kappa shape index (κ2) is 6.39. The lowest BCUT2D eigenvalue weighted by atomic mass is 10.2. The van der Waals surface area contributed by atoms with Gasteiger partial charge in [0.25, 0.3) is 0 Å². The lowest BCUT2D eigenvalue weighted by molar-refractivity contribution is 0.592. The van der Waals surface area contributed by atoms with Crippen LogP contribution in [0.5, 0.6) is 0 Å². The van der Waals surface area contributed by atoms with E-state index in [0.29, 0.717) is 0 Å². The van der Waals surface area contributed by atoms with Gasteiger partial charge in [-0.15, -0.1) is 11.6 Å². The highest BCUT2D eigenvalue weighted by atomic mass is 35.5. The van der Waals surface area contributed by atoms with E-state index in [1.807, 2.05) is 6.08 Å². The van der Waals surface area contributed by atoms with E-state index in [9.17, 15) is 8.42 Å². The van der Waals surface area contributed by atoms with E-state index in [2.05, 4.69) is 26.1 Å². The van der Waals surface area contributed by atoms with Crippen LogP contribution in [0.15, 0.2) is 11.8 Å². The predicted molar refractivity (Wildman–Crippen MR) is 80.3 cm³/mol. The van der Waals surface area contributed by atoms with Gasteiger partial charge in [-0.3, -0.25) is 0 Å². The van der Waals surface area contributed by atoms with Crippen molar-refractivity contribution >= 4 is 29.5 Å². The highest BCUT2D eigenvalue weighted by Crippen LogP contribution is 2.23. The molecule has 0 rings (SSSR count). The number of hydrogen-bond acceptors (Lipinski definition) is 2. The summed E-state index contributed by atoms with van der Waals surface area (Å²) in [6, 6.07) is 2.32. The molecule has 1 unspecified atom stereocenters. The first-order valence-electron chi connectivity index (χ1n) is 6.19. The van der Waals surface area contributed by atoms with Gasteiger partial charge in [0, 0.05) is 5.75 Å². The zero-order chi connectivity index (χ0) is 13.7.